The van der Waals surface area contributed by atoms with Crippen molar-refractivity contribution in [3.8, 4) is 5.75 Å². The number of rotatable bonds is 3. The first-order valence-corrected chi connectivity index (χ1v) is 10.3. The number of fused-ring (bicyclic) bond motifs is 2. The molecular formula is C20H21ClFN3O5. The van der Waals surface area contributed by atoms with Crippen LogP contribution in [0.3, 0.4) is 0 Å². The molecule has 2 aliphatic heterocycles. The maximum absolute atomic E-state index is 15.2. The largest absolute Gasteiger partial charge is 0.511 e. The molecule has 8 nitrogen and oxygen atoms in total. The van der Waals surface area contributed by atoms with Crippen LogP contribution in [0.25, 0.3) is 10.9 Å². The number of likely N-dealkylation sites (N-methyl/N-ethyl adjacent to an activating group) is 1. The summed E-state index contributed by atoms with van der Waals surface area (Å²) in [5.74, 6) is -0.979. The minimum Gasteiger partial charge on any atom is -0.449 e. The number of carbonyl (C=O) groups is 1. The van der Waals surface area contributed by atoms with Crippen molar-refractivity contribution in [3.63, 3.8) is 0 Å². The third-order valence-electron chi connectivity index (χ3n) is 6.18. The summed E-state index contributed by atoms with van der Waals surface area (Å²) in [6, 6.07) is 1.34. The number of nitrogens with zero attached hydrogens (tertiary/aromatic N) is 3. The van der Waals surface area contributed by atoms with E-state index >= 15 is 4.39 Å². The Labute approximate surface area is 176 Å². The van der Waals surface area contributed by atoms with Crippen LogP contribution < -0.4 is 15.1 Å². The first-order chi connectivity index (χ1) is 14.3. The first kappa shape index (κ1) is 19.6. The standard InChI is InChI=1S/C20H21ClFN3O5/c1-23-4-5-29-14-8-24(7-13(14)23)18-12(22)6-11-17(16(18)21)25(10-2-3-10)9-15(19(11)26)30-20(27)28/h6,9-10,13-14H,2-5,7-8H2,1H3,(H,27,28). The van der Waals surface area contributed by atoms with Crippen molar-refractivity contribution in [2.45, 2.75) is 31.0 Å². The smallest absolute Gasteiger partial charge is 0.449 e. The Morgan fingerprint density at radius 2 is 2.13 bits per heavy atom. The lowest BCUT2D eigenvalue weighted by atomic mass is 10.1. The molecule has 0 bridgehead atoms. The molecule has 160 valence electrons. The molecule has 30 heavy (non-hydrogen) atoms. The number of morpholine rings is 1. The molecule has 10 heteroatoms. The van der Waals surface area contributed by atoms with Gasteiger partial charge in [0.1, 0.15) is 5.82 Å². The van der Waals surface area contributed by atoms with E-state index in [1.165, 1.54) is 6.20 Å². The fraction of sp³-hybridized carbons (Fsp3) is 0.500. The van der Waals surface area contributed by atoms with Crippen LogP contribution in [-0.2, 0) is 4.74 Å². The lowest BCUT2D eigenvalue weighted by Crippen LogP contribution is -2.48. The highest BCUT2D eigenvalue weighted by Crippen LogP contribution is 2.43. The van der Waals surface area contributed by atoms with Crippen LogP contribution in [0.15, 0.2) is 17.1 Å². The molecule has 1 saturated carbocycles. The highest BCUT2D eigenvalue weighted by atomic mass is 35.5. The van der Waals surface area contributed by atoms with Crippen LogP contribution in [0, 0.1) is 5.82 Å². The van der Waals surface area contributed by atoms with E-state index in [1.54, 1.807) is 4.57 Å². The maximum Gasteiger partial charge on any atom is 0.511 e. The van der Waals surface area contributed by atoms with Crippen molar-refractivity contribution in [1.29, 1.82) is 0 Å². The summed E-state index contributed by atoms with van der Waals surface area (Å²) in [5.41, 5.74) is -0.0477. The van der Waals surface area contributed by atoms with Gasteiger partial charge in [0.15, 0.2) is 5.75 Å². The molecule has 0 spiro atoms. The van der Waals surface area contributed by atoms with Crippen LogP contribution in [0.1, 0.15) is 18.9 Å². The molecule has 3 aliphatic rings. The van der Waals surface area contributed by atoms with Crippen molar-refractivity contribution in [2.24, 2.45) is 0 Å². The number of anilines is 1. The summed E-state index contributed by atoms with van der Waals surface area (Å²) in [6.07, 6.45) is 1.46. The highest BCUT2D eigenvalue weighted by Gasteiger charge is 2.40. The van der Waals surface area contributed by atoms with Crippen LogP contribution >= 0.6 is 11.6 Å². The van der Waals surface area contributed by atoms with Gasteiger partial charge in [-0.25, -0.2) is 9.18 Å². The van der Waals surface area contributed by atoms with E-state index in [2.05, 4.69) is 9.64 Å². The van der Waals surface area contributed by atoms with Gasteiger partial charge >= 0.3 is 6.16 Å². The third-order valence-corrected chi connectivity index (χ3v) is 6.54. The minimum atomic E-state index is -1.60. The number of hydrogen-bond donors (Lipinski definition) is 1. The molecule has 2 saturated heterocycles. The van der Waals surface area contributed by atoms with Gasteiger partial charge in [-0.1, -0.05) is 11.6 Å². The van der Waals surface area contributed by atoms with Gasteiger partial charge in [0.2, 0.25) is 5.43 Å². The SMILES string of the molecule is CN1CCOC2CN(c3c(F)cc4c(=O)c(OC(=O)O)cn(C5CC5)c4c3Cl)CC21. The molecule has 1 aromatic carbocycles. The Bertz CT molecular complexity index is 1100. The second kappa shape index (κ2) is 7.11. The number of carboxylic acid groups (broad SMARTS) is 1. The van der Waals surface area contributed by atoms with E-state index in [9.17, 15) is 9.59 Å². The number of hydrogen-bond acceptors (Lipinski definition) is 6. The molecule has 2 unspecified atom stereocenters. The number of ether oxygens (including phenoxy) is 2. The molecule has 3 fully saturated rings. The summed E-state index contributed by atoms with van der Waals surface area (Å²) in [4.78, 5) is 27.8. The number of aromatic nitrogens is 1. The van der Waals surface area contributed by atoms with Gasteiger partial charge in [-0.15, -0.1) is 0 Å². The summed E-state index contributed by atoms with van der Waals surface area (Å²) < 4.78 is 27.5. The van der Waals surface area contributed by atoms with E-state index in [-0.39, 0.29) is 40.0 Å². The predicted molar refractivity (Wildman–Crippen MR) is 108 cm³/mol. The van der Waals surface area contributed by atoms with Crippen molar-refractivity contribution in [2.75, 3.05) is 38.2 Å². The summed E-state index contributed by atoms with van der Waals surface area (Å²) >= 11 is 6.71. The monoisotopic (exact) mass is 437 g/mol. The van der Waals surface area contributed by atoms with Gasteiger partial charge in [0.05, 0.1) is 46.6 Å². The van der Waals surface area contributed by atoms with Crippen molar-refractivity contribution in [3.05, 3.63) is 33.3 Å². The van der Waals surface area contributed by atoms with Crippen molar-refractivity contribution >= 4 is 34.3 Å². The normalized spacial score (nSPS) is 24.3. The number of benzene rings is 1. The van der Waals surface area contributed by atoms with Gasteiger partial charge in [-0.3, -0.25) is 9.69 Å². The van der Waals surface area contributed by atoms with Crippen LogP contribution in [0.2, 0.25) is 5.02 Å². The first-order valence-electron chi connectivity index (χ1n) is 9.89. The van der Waals surface area contributed by atoms with Gasteiger partial charge in [-0.05, 0) is 26.0 Å². The molecule has 5 rings (SSSR count). The molecule has 1 N–H and O–H groups in total. The lowest BCUT2D eigenvalue weighted by molar-refractivity contribution is -0.0362. The van der Waals surface area contributed by atoms with Crippen molar-refractivity contribution < 1.29 is 23.8 Å². The van der Waals surface area contributed by atoms with Gasteiger partial charge in [0.25, 0.3) is 0 Å². The topological polar surface area (TPSA) is 84.2 Å². The fourth-order valence-electron chi connectivity index (χ4n) is 4.54. The van der Waals surface area contributed by atoms with E-state index in [0.29, 0.717) is 25.2 Å². The Morgan fingerprint density at radius 1 is 1.37 bits per heavy atom. The second-order valence-corrected chi connectivity index (χ2v) is 8.49. The van der Waals surface area contributed by atoms with E-state index in [0.717, 1.165) is 25.5 Å². The molecule has 2 atom stereocenters. The summed E-state index contributed by atoms with van der Waals surface area (Å²) in [7, 11) is 2.02. The molecule has 2 aromatic rings. The van der Waals surface area contributed by atoms with Crippen LogP contribution in [0.5, 0.6) is 5.75 Å². The Morgan fingerprint density at radius 3 is 2.80 bits per heavy atom. The predicted octanol–water partition coefficient (Wildman–Crippen LogP) is 2.70. The number of pyridine rings is 1. The Hall–Kier alpha value is -2.36. The van der Waals surface area contributed by atoms with Gasteiger partial charge in [0, 0.05) is 25.7 Å². The zero-order valence-electron chi connectivity index (χ0n) is 16.3. The fourth-order valence-corrected chi connectivity index (χ4v) is 4.95. The molecule has 0 amide bonds. The van der Waals surface area contributed by atoms with E-state index < -0.39 is 17.4 Å². The summed E-state index contributed by atoms with van der Waals surface area (Å²) in [5, 5.41) is 9.10. The van der Waals surface area contributed by atoms with E-state index in [1.807, 2.05) is 11.9 Å². The molecule has 3 heterocycles. The average molecular weight is 438 g/mol. The quantitative estimate of drug-likeness (QED) is 0.739. The molecular weight excluding hydrogens is 417 g/mol. The molecule has 0 radical (unpaired) electrons. The second-order valence-electron chi connectivity index (χ2n) is 8.11. The van der Waals surface area contributed by atoms with Crippen molar-refractivity contribution in [1.82, 2.24) is 9.47 Å². The van der Waals surface area contributed by atoms with Crippen LogP contribution in [-0.4, -0.2) is 66.2 Å². The zero-order valence-corrected chi connectivity index (χ0v) is 17.1. The van der Waals surface area contributed by atoms with Gasteiger partial charge < -0.3 is 24.0 Å². The average Bonchev–Trinajstić information content (AvgIpc) is 3.43. The Balaban J connectivity index is 1.65. The Kier molecular flexibility index (Phi) is 4.64. The third kappa shape index (κ3) is 3.12. The van der Waals surface area contributed by atoms with Crippen LogP contribution in [0.4, 0.5) is 14.9 Å². The summed E-state index contributed by atoms with van der Waals surface area (Å²) in [6.45, 7) is 2.52. The van der Waals surface area contributed by atoms with Gasteiger partial charge in [-0.2, -0.15) is 0 Å². The zero-order chi connectivity index (χ0) is 21.2. The number of halogens is 2. The molecule has 1 aliphatic carbocycles. The molecule has 1 aromatic heterocycles. The van der Waals surface area contributed by atoms with E-state index in [4.69, 9.17) is 21.4 Å². The highest BCUT2D eigenvalue weighted by molar-refractivity contribution is 6.38. The maximum atomic E-state index is 15.2. The lowest BCUT2D eigenvalue weighted by Gasteiger charge is -2.33. The minimum absolute atomic E-state index is 0.0110.